The van der Waals surface area contributed by atoms with E-state index in [0.29, 0.717) is 42.6 Å². The fourth-order valence-electron chi connectivity index (χ4n) is 9.59. The fourth-order valence-corrected chi connectivity index (χ4v) is 9.59. The molecule has 0 bridgehead atoms. The van der Waals surface area contributed by atoms with E-state index in [9.17, 15) is 15.0 Å². The van der Waals surface area contributed by atoms with Gasteiger partial charge in [-0.05, 0) is 74.0 Å². The third-order valence-corrected chi connectivity index (χ3v) is 12.3. The molecule has 4 fully saturated rings. The molecule has 1 aromatic rings. The lowest BCUT2D eigenvalue weighted by molar-refractivity contribution is -0.971. The van der Waals surface area contributed by atoms with E-state index in [4.69, 9.17) is 0 Å². The van der Waals surface area contributed by atoms with Gasteiger partial charge in [0.15, 0.2) is 5.78 Å². The zero-order chi connectivity index (χ0) is 30.7. The molecule has 5 rings (SSSR count). The maximum atomic E-state index is 12.3. The third-order valence-electron chi connectivity index (χ3n) is 12.3. The highest BCUT2D eigenvalue weighted by Gasteiger charge is 2.61. The Hall–Kier alpha value is -1.53. The van der Waals surface area contributed by atoms with Crippen molar-refractivity contribution < 1.29 is 19.5 Å². The normalized spacial score (nSPS) is 30.6. The van der Waals surface area contributed by atoms with Crippen molar-refractivity contribution in [3.63, 3.8) is 0 Å². The first-order valence-electron chi connectivity index (χ1n) is 18.0. The van der Waals surface area contributed by atoms with Crippen LogP contribution < -0.4 is 0 Å². The predicted octanol–water partition coefficient (Wildman–Crippen LogP) is 7.67. The summed E-state index contributed by atoms with van der Waals surface area (Å²) in [6, 6.07) is 8.82. The molecule has 2 N–H and O–H groups in total. The number of fused-ring (bicyclic) bond motifs is 1. The molecule has 0 radical (unpaired) electrons. The molecule has 5 nitrogen and oxygen atoms in total. The Kier molecular flexibility index (Phi) is 10.6. The fraction of sp³-hybridized carbons (Fsp3) is 0.763. The van der Waals surface area contributed by atoms with Crippen LogP contribution in [-0.2, 0) is 4.79 Å². The summed E-state index contributed by atoms with van der Waals surface area (Å²) >= 11 is 0. The number of hydrogen-bond donors (Lipinski definition) is 2. The van der Waals surface area contributed by atoms with Crippen molar-refractivity contribution in [1.29, 1.82) is 0 Å². The number of piperidine rings is 2. The lowest BCUT2D eigenvalue weighted by Gasteiger charge is -2.55. The second-order valence-electron chi connectivity index (χ2n) is 15.1. The van der Waals surface area contributed by atoms with Crippen molar-refractivity contribution in [2.24, 2.45) is 11.8 Å². The van der Waals surface area contributed by atoms with Crippen LogP contribution in [0, 0.1) is 11.8 Å². The van der Waals surface area contributed by atoms with E-state index in [1.165, 1.54) is 92.9 Å². The largest absolute Gasteiger partial charge is 0.382 e. The van der Waals surface area contributed by atoms with Gasteiger partial charge in [0.25, 0.3) is 0 Å². The lowest BCUT2D eigenvalue weighted by atomic mass is 9.71. The predicted molar refractivity (Wildman–Crippen MR) is 176 cm³/mol. The van der Waals surface area contributed by atoms with Crippen LogP contribution in [0.1, 0.15) is 140 Å². The van der Waals surface area contributed by atoms with Crippen molar-refractivity contribution in [3.05, 3.63) is 47.5 Å². The van der Waals surface area contributed by atoms with Crippen molar-refractivity contribution in [2.45, 2.75) is 140 Å². The minimum atomic E-state index is -1.01. The number of ketones is 1. The summed E-state index contributed by atoms with van der Waals surface area (Å²) in [4.78, 5) is 14.5. The summed E-state index contributed by atoms with van der Waals surface area (Å²) in [7, 11) is 0. The molecule has 0 aromatic heterocycles. The second kappa shape index (κ2) is 13.8. The highest BCUT2D eigenvalue weighted by molar-refractivity contribution is 5.89. The van der Waals surface area contributed by atoms with E-state index in [-0.39, 0.29) is 5.78 Å². The van der Waals surface area contributed by atoms with Gasteiger partial charge in [0.2, 0.25) is 0 Å². The minimum Gasteiger partial charge on any atom is -0.382 e. The van der Waals surface area contributed by atoms with Crippen molar-refractivity contribution in [3.8, 4) is 0 Å². The number of likely N-dealkylation sites (tertiary alicyclic amines) is 1. The van der Waals surface area contributed by atoms with Gasteiger partial charge in [-0.15, -0.1) is 0 Å². The Labute approximate surface area is 262 Å². The first kappa shape index (κ1) is 32.9. The van der Waals surface area contributed by atoms with Gasteiger partial charge < -0.3 is 14.7 Å². The first-order chi connectivity index (χ1) is 20.7. The van der Waals surface area contributed by atoms with Crippen LogP contribution in [0.4, 0.5) is 0 Å². The van der Waals surface area contributed by atoms with Crippen molar-refractivity contribution in [1.82, 2.24) is 4.90 Å². The van der Waals surface area contributed by atoms with Gasteiger partial charge >= 0.3 is 0 Å². The molecule has 240 valence electrons. The smallest absolute Gasteiger partial charge is 0.164 e. The molecular formula is C38H61N2O3+. The zero-order valence-electron chi connectivity index (χ0n) is 27.7. The SMILES string of the molecule is C=C1C[N+]2(CC(C)c3ccc(C(O)N4CCC(CC(=O)C5(O)CC5)CC4)cc3)CCCCC2(CCCCCCC)C1CC. The summed E-state index contributed by atoms with van der Waals surface area (Å²) in [5.74, 6) is 1.47. The molecule has 4 aliphatic rings. The molecule has 3 saturated heterocycles. The Balaban J connectivity index is 1.21. The number of aliphatic hydroxyl groups is 2. The van der Waals surface area contributed by atoms with Crippen LogP contribution in [-0.4, -0.2) is 69.2 Å². The van der Waals surface area contributed by atoms with Crippen LogP contribution in [0.25, 0.3) is 0 Å². The Bertz CT molecular complexity index is 1090. The molecule has 43 heavy (non-hydrogen) atoms. The Morgan fingerprint density at radius 2 is 1.70 bits per heavy atom. The van der Waals surface area contributed by atoms with Gasteiger partial charge in [-0.2, -0.15) is 0 Å². The van der Waals surface area contributed by atoms with Crippen molar-refractivity contribution in [2.75, 3.05) is 32.7 Å². The highest BCUT2D eigenvalue weighted by atomic mass is 16.3. The topological polar surface area (TPSA) is 60.8 Å². The van der Waals surface area contributed by atoms with Crippen LogP contribution in [0.5, 0.6) is 0 Å². The molecule has 5 heteroatoms. The van der Waals surface area contributed by atoms with Gasteiger partial charge in [0, 0.05) is 44.2 Å². The van der Waals surface area contributed by atoms with Crippen LogP contribution in [0.2, 0.25) is 0 Å². The number of hydrogen-bond acceptors (Lipinski definition) is 4. The van der Waals surface area contributed by atoms with Crippen LogP contribution >= 0.6 is 0 Å². The van der Waals surface area contributed by atoms with E-state index in [0.717, 1.165) is 38.0 Å². The summed E-state index contributed by atoms with van der Waals surface area (Å²) in [6.07, 6.45) is 16.4. The minimum absolute atomic E-state index is 0.0268. The van der Waals surface area contributed by atoms with E-state index in [1.807, 2.05) is 0 Å². The standard InChI is InChI=1S/C38H61N2O3/c1-5-7-8-9-10-19-37-20-11-12-25-40(37,28-30(4)34(37)6-2)27-29(3)32-13-15-33(16-14-32)36(42)39-23-17-31(18-24-39)26-35(41)38(43)21-22-38/h13-16,29,31,34,36,42-43H,4-12,17-28H2,1-3H3/q+1. The van der Waals surface area contributed by atoms with Gasteiger partial charge in [0.1, 0.15) is 23.9 Å². The molecule has 1 saturated carbocycles. The number of benzene rings is 1. The summed E-state index contributed by atoms with van der Waals surface area (Å²) in [5, 5.41) is 21.3. The lowest BCUT2D eigenvalue weighted by Crippen LogP contribution is -2.66. The van der Waals surface area contributed by atoms with Crippen LogP contribution in [0.3, 0.4) is 0 Å². The molecular weight excluding hydrogens is 532 g/mol. The molecule has 1 aliphatic carbocycles. The van der Waals surface area contributed by atoms with E-state index >= 15 is 0 Å². The van der Waals surface area contributed by atoms with Crippen molar-refractivity contribution >= 4 is 5.78 Å². The van der Waals surface area contributed by atoms with Gasteiger partial charge in [-0.3, -0.25) is 9.69 Å². The molecule has 0 spiro atoms. The molecule has 3 aliphatic heterocycles. The number of aliphatic hydroxyl groups excluding tert-OH is 1. The highest BCUT2D eigenvalue weighted by Crippen LogP contribution is 2.55. The average molecular weight is 594 g/mol. The van der Waals surface area contributed by atoms with Gasteiger partial charge in [-0.1, -0.05) is 77.3 Å². The monoisotopic (exact) mass is 593 g/mol. The van der Waals surface area contributed by atoms with Gasteiger partial charge in [-0.25, -0.2) is 0 Å². The third kappa shape index (κ3) is 6.86. The van der Waals surface area contributed by atoms with E-state index in [2.05, 4.69) is 56.5 Å². The van der Waals surface area contributed by atoms with E-state index < -0.39 is 11.8 Å². The molecule has 3 heterocycles. The number of Topliss-reactive ketones (excluding diaryl/α,β-unsaturated/α-hetero) is 1. The Morgan fingerprint density at radius 1 is 1.02 bits per heavy atom. The molecule has 5 unspecified atom stereocenters. The van der Waals surface area contributed by atoms with Crippen LogP contribution in [0.15, 0.2) is 36.4 Å². The number of unbranched alkanes of at least 4 members (excludes halogenated alkanes) is 4. The quantitative estimate of drug-likeness (QED) is 0.124. The maximum absolute atomic E-state index is 12.3. The number of carbonyl (C=O) groups excluding carboxylic acids is 1. The average Bonchev–Trinajstić information content (AvgIpc) is 3.71. The summed E-state index contributed by atoms with van der Waals surface area (Å²) in [5.41, 5.74) is 3.22. The summed E-state index contributed by atoms with van der Waals surface area (Å²) < 4.78 is 1.25. The van der Waals surface area contributed by atoms with Gasteiger partial charge in [0.05, 0.1) is 13.1 Å². The Morgan fingerprint density at radius 3 is 2.35 bits per heavy atom. The number of quaternary nitrogens is 1. The zero-order valence-corrected chi connectivity index (χ0v) is 27.7. The molecule has 1 aromatic carbocycles. The molecule has 0 amide bonds. The second-order valence-corrected chi connectivity index (χ2v) is 15.1. The number of nitrogens with zero attached hydrogens (tertiary/aromatic N) is 2. The first-order valence-corrected chi connectivity index (χ1v) is 18.0. The number of carbonyl (C=O) groups is 1. The molecule has 5 atom stereocenters. The summed E-state index contributed by atoms with van der Waals surface area (Å²) in [6.45, 7) is 17.0. The number of rotatable bonds is 15. The maximum Gasteiger partial charge on any atom is 0.164 e. The van der Waals surface area contributed by atoms with E-state index in [1.54, 1.807) is 0 Å².